The Bertz CT molecular complexity index is 1240. The van der Waals surface area contributed by atoms with Gasteiger partial charge >= 0.3 is 0 Å². The molecule has 6 heteroatoms. The van der Waals surface area contributed by atoms with Crippen molar-refractivity contribution in [1.29, 1.82) is 0 Å². The number of rotatable bonds is 6. The van der Waals surface area contributed by atoms with Gasteiger partial charge in [-0.2, -0.15) is 0 Å². The van der Waals surface area contributed by atoms with E-state index >= 15 is 0 Å². The summed E-state index contributed by atoms with van der Waals surface area (Å²) in [6, 6.07) is 23.8. The molecule has 3 aromatic carbocycles. The summed E-state index contributed by atoms with van der Waals surface area (Å²) >= 11 is 0. The molecule has 4 aromatic rings. The number of fused-ring (bicyclic) bond motifs is 1. The Morgan fingerprint density at radius 2 is 1.59 bits per heavy atom. The van der Waals surface area contributed by atoms with Crippen LogP contribution in [0.2, 0.25) is 0 Å². The average Bonchev–Trinajstić information content (AvgIpc) is 2.78. The van der Waals surface area contributed by atoms with Gasteiger partial charge in [0, 0.05) is 12.6 Å². The molecule has 0 saturated heterocycles. The van der Waals surface area contributed by atoms with Gasteiger partial charge in [-0.25, -0.2) is 13.4 Å². The number of hydrogen-bond acceptors (Lipinski definition) is 4. The summed E-state index contributed by atoms with van der Waals surface area (Å²) in [5.74, 6) is 0.779. The minimum absolute atomic E-state index is 0.218. The van der Waals surface area contributed by atoms with Crippen LogP contribution in [0.1, 0.15) is 5.56 Å². The molecule has 0 aliphatic rings. The molecular weight excluding hydrogens is 384 g/mol. The second-order valence-corrected chi connectivity index (χ2v) is 8.51. The molecule has 0 unspecified atom stereocenters. The predicted octanol–water partition coefficient (Wildman–Crippen LogP) is 4.11. The minimum Gasteiger partial charge on any atom is -0.497 e. The Morgan fingerprint density at radius 1 is 0.897 bits per heavy atom. The van der Waals surface area contributed by atoms with Crippen LogP contribution in [-0.2, 0) is 16.4 Å². The lowest BCUT2D eigenvalue weighted by atomic mass is 10.1. The molecule has 0 aliphatic heterocycles. The monoisotopic (exact) mass is 405 g/mol. The molecular formula is C23H21N2O3S+. The van der Waals surface area contributed by atoms with Gasteiger partial charge in [-0.3, -0.25) is 0 Å². The maximum atomic E-state index is 13.3. The number of H-pyrrole nitrogens is 1. The number of aromatic nitrogens is 1. The van der Waals surface area contributed by atoms with Crippen molar-refractivity contribution in [2.75, 3.05) is 12.4 Å². The zero-order valence-electron chi connectivity index (χ0n) is 15.9. The van der Waals surface area contributed by atoms with Crippen LogP contribution >= 0.6 is 0 Å². The van der Waals surface area contributed by atoms with E-state index in [9.17, 15) is 8.42 Å². The van der Waals surface area contributed by atoms with Crippen LogP contribution in [0.25, 0.3) is 10.9 Å². The summed E-state index contributed by atoms with van der Waals surface area (Å²) in [6.45, 7) is 0.481. The summed E-state index contributed by atoms with van der Waals surface area (Å²) in [5.41, 5.74) is 2.46. The molecule has 2 N–H and O–H groups in total. The molecule has 0 radical (unpaired) electrons. The van der Waals surface area contributed by atoms with Crippen molar-refractivity contribution in [2.24, 2.45) is 0 Å². The number of sulfone groups is 1. The van der Waals surface area contributed by atoms with E-state index in [0.29, 0.717) is 12.2 Å². The Balaban J connectivity index is 1.79. The molecule has 5 nitrogen and oxygen atoms in total. The lowest BCUT2D eigenvalue weighted by Gasteiger charge is -2.13. The normalized spacial score (nSPS) is 11.3. The molecule has 0 spiro atoms. The lowest BCUT2D eigenvalue weighted by molar-refractivity contribution is -0.347. The van der Waals surface area contributed by atoms with Gasteiger partial charge in [0.15, 0.2) is 11.1 Å². The van der Waals surface area contributed by atoms with Gasteiger partial charge in [-0.1, -0.05) is 42.5 Å². The van der Waals surface area contributed by atoms with E-state index in [1.165, 1.54) is 0 Å². The molecule has 0 atom stereocenters. The van der Waals surface area contributed by atoms with E-state index in [0.717, 1.165) is 22.2 Å². The average molecular weight is 405 g/mol. The fourth-order valence-electron chi connectivity index (χ4n) is 3.23. The topological polar surface area (TPSA) is 69.5 Å². The van der Waals surface area contributed by atoms with Crippen molar-refractivity contribution in [1.82, 2.24) is 0 Å². The molecule has 1 aromatic heterocycles. The number of hydrogen-bond donors (Lipinski definition) is 1. The van der Waals surface area contributed by atoms with Crippen LogP contribution in [0.4, 0.5) is 5.69 Å². The third-order valence-electron chi connectivity index (χ3n) is 4.77. The molecule has 0 bridgehead atoms. The summed E-state index contributed by atoms with van der Waals surface area (Å²) < 4.78 is 31.8. The van der Waals surface area contributed by atoms with Crippen molar-refractivity contribution in [3.8, 4) is 5.75 Å². The number of methoxy groups -OCH3 is 1. The molecule has 146 valence electrons. The highest BCUT2D eigenvalue weighted by molar-refractivity contribution is 7.91. The summed E-state index contributed by atoms with van der Waals surface area (Å²) in [6.07, 6.45) is 1.56. The zero-order chi connectivity index (χ0) is 20.3. The second kappa shape index (κ2) is 7.93. The number of nitrogens with one attached hydrogen (secondary N) is 2. The third-order valence-corrected chi connectivity index (χ3v) is 6.57. The van der Waals surface area contributed by atoms with E-state index in [2.05, 4.69) is 10.3 Å². The first-order valence-electron chi connectivity index (χ1n) is 9.20. The first kappa shape index (κ1) is 19.0. The van der Waals surface area contributed by atoms with Crippen LogP contribution < -0.4 is 15.0 Å². The molecule has 29 heavy (non-hydrogen) atoms. The van der Waals surface area contributed by atoms with Gasteiger partial charge in [0.1, 0.15) is 5.75 Å². The molecule has 0 fully saturated rings. The Morgan fingerprint density at radius 3 is 2.31 bits per heavy atom. The largest absolute Gasteiger partial charge is 0.497 e. The van der Waals surface area contributed by atoms with E-state index < -0.39 is 9.84 Å². The number of benzene rings is 3. The zero-order valence-corrected chi connectivity index (χ0v) is 16.7. The molecule has 0 aliphatic carbocycles. The summed E-state index contributed by atoms with van der Waals surface area (Å²) in [7, 11) is -2.06. The highest BCUT2D eigenvalue weighted by Crippen LogP contribution is 2.32. The van der Waals surface area contributed by atoms with Gasteiger partial charge in [-0.05, 0) is 35.9 Å². The van der Waals surface area contributed by atoms with E-state index in [-0.39, 0.29) is 9.79 Å². The van der Waals surface area contributed by atoms with Crippen LogP contribution in [0.15, 0.2) is 94.9 Å². The maximum Gasteiger partial charge on any atom is 0.214 e. The Hall–Kier alpha value is -3.38. The fraction of sp³-hybridized carbons (Fsp3) is 0.0870. The highest BCUT2D eigenvalue weighted by Gasteiger charge is 2.26. The van der Waals surface area contributed by atoms with Gasteiger partial charge in [-0.15, -0.1) is 0 Å². The van der Waals surface area contributed by atoms with E-state index in [1.54, 1.807) is 43.6 Å². The van der Waals surface area contributed by atoms with Gasteiger partial charge in [0.2, 0.25) is 15.4 Å². The third kappa shape index (κ3) is 3.79. The van der Waals surface area contributed by atoms with Gasteiger partial charge < -0.3 is 10.1 Å². The molecule has 0 saturated carbocycles. The molecule has 4 rings (SSSR count). The Labute approximate surface area is 169 Å². The quantitative estimate of drug-likeness (QED) is 0.524. The maximum absolute atomic E-state index is 13.3. The fourth-order valence-corrected chi connectivity index (χ4v) is 4.66. The number of aromatic amines is 1. The van der Waals surface area contributed by atoms with E-state index in [4.69, 9.17) is 4.74 Å². The number of ether oxygens (including phenoxy) is 1. The van der Waals surface area contributed by atoms with Crippen LogP contribution in [-0.4, -0.2) is 15.5 Å². The SMILES string of the molecule is COc1ccc(CNc2c(S(=O)(=O)c3ccccc3)c[nH+]c3ccccc23)cc1. The number of pyridine rings is 1. The summed E-state index contributed by atoms with van der Waals surface area (Å²) in [5, 5.41) is 4.16. The van der Waals surface area contributed by atoms with Crippen molar-refractivity contribution >= 4 is 26.4 Å². The minimum atomic E-state index is -3.69. The highest BCUT2D eigenvalue weighted by atomic mass is 32.2. The lowest BCUT2D eigenvalue weighted by Crippen LogP contribution is -2.14. The predicted molar refractivity (Wildman–Crippen MR) is 113 cm³/mol. The van der Waals surface area contributed by atoms with Crippen molar-refractivity contribution in [3.63, 3.8) is 0 Å². The smallest absolute Gasteiger partial charge is 0.214 e. The van der Waals surface area contributed by atoms with Crippen molar-refractivity contribution in [2.45, 2.75) is 16.3 Å². The Kier molecular flexibility index (Phi) is 5.18. The van der Waals surface area contributed by atoms with E-state index in [1.807, 2.05) is 48.5 Å². The first-order chi connectivity index (χ1) is 14.1. The van der Waals surface area contributed by atoms with Gasteiger partial charge in [0.25, 0.3) is 0 Å². The van der Waals surface area contributed by atoms with Crippen molar-refractivity contribution < 1.29 is 18.1 Å². The number of para-hydroxylation sites is 1. The molecule has 0 amide bonds. The second-order valence-electron chi connectivity index (χ2n) is 6.59. The van der Waals surface area contributed by atoms with Crippen LogP contribution in [0.5, 0.6) is 5.75 Å². The number of anilines is 1. The van der Waals surface area contributed by atoms with Crippen molar-refractivity contribution in [3.05, 3.63) is 90.6 Å². The van der Waals surface area contributed by atoms with Crippen LogP contribution in [0.3, 0.4) is 0 Å². The molecule has 1 heterocycles. The summed E-state index contributed by atoms with van der Waals surface area (Å²) in [4.78, 5) is 3.59. The van der Waals surface area contributed by atoms with Crippen LogP contribution in [0, 0.1) is 0 Å². The standard InChI is InChI=1S/C23H20N2O3S/c1-28-18-13-11-17(12-14-18)15-25-23-20-9-5-6-10-21(20)24-16-22(23)29(26,27)19-7-3-2-4-8-19/h2-14,16H,15H2,1H3,(H,24,25)/p+1. The van der Waals surface area contributed by atoms with Gasteiger partial charge in [0.05, 0.1) is 23.1 Å². The first-order valence-corrected chi connectivity index (χ1v) is 10.7.